The average Bonchev–Trinajstić information content (AvgIpc) is 2.24. The number of unbranched alkanes of at least 4 members (excludes halogenated alkanes) is 1. The summed E-state index contributed by atoms with van der Waals surface area (Å²) < 4.78 is 0.857. The molecule has 1 rings (SSSR count). The summed E-state index contributed by atoms with van der Waals surface area (Å²) in [5.74, 6) is 0. The normalized spacial score (nSPS) is 9.94. The van der Waals surface area contributed by atoms with Gasteiger partial charge in [0, 0.05) is 16.7 Å². The van der Waals surface area contributed by atoms with E-state index in [9.17, 15) is 0 Å². The van der Waals surface area contributed by atoms with Crippen LogP contribution in [0.4, 0.5) is 5.69 Å². The molecule has 1 aromatic rings. The predicted octanol–water partition coefficient (Wildman–Crippen LogP) is 4.19. The second-order valence-corrected chi connectivity index (χ2v) is 5.03. The van der Waals surface area contributed by atoms with Crippen molar-refractivity contribution < 1.29 is 0 Å². The number of hydrogen-bond donors (Lipinski definition) is 2. The monoisotopic (exact) mass is 320 g/mol. The third-order valence-electron chi connectivity index (χ3n) is 1.99. The summed E-state index contributed by atoms with van der Waals surface area (Å²) >= 11 is 14.4. The van der Waals surface area contributed by atoms with Crippen molar-refractivity contribution in [3.8, 4) is 0 Å². The van der Waals surface area contributed by atoms with Crippen molar-refractivity contribution in [2.45, 2.75) is 19.8 Å². The lowest BCUT2D eigenvalue weighted by atomic mass is 10.3. The molecule has 0 aliphatic heterocycles. The number of thiocarbonyl (C=S) groups is 1. The Hall–Kier alpha value is -0.320. The molecule has 0 aliphatic rings. The zero-order valence-electron chi connectivity index (χ0n) is 9.02. The predicted molar refractivity (Wildman–Crippen MR) is 78.3 cm³/mol. The van der Waals surface area contributed by atoms with Gasteiger partial charge in [0.25, 0.3) is 0 Å². The Morgan fingerprint density at radius 1 is 1.50 bits per heavy atom. The van der Waals surface area contributed by atoms with Gasteiger partial charge in [-0.25, -0.2) is 0 Å². The number of nitrogens with one attached hydrogen (secondary N) is 2. The number of rotatable bonds is 4. The van der Waals surface area contributed by atoms with Gasteiger partial charge in [-0.3, -0.25) is 0 Å². The van der Waals surface area contributed by atoms with Gasteiger partial charge in [-0.2, -0.15) is 0 Å². The van der Waals surface area contributed by atoms with Crippen molar-refractivity contribution >= 4 is 50.5 Å². The van der Waals surface area contributed by atoms with E-state index in [4.69, 9.17) is 23.8 Å². The zero-order chi connectivity index (χ0) is 12.0. The Morgan fingerprint density at radius 2 is 2.25 bits per heavy atom. The van der Waals surface area contributed by atoms with Crippen LogP contribution in [0, 0.1) is 0 Å². The van der Waals surface area contributed by atoms with Crippen LogP contribution in [0.25, 0.3) is 0 Å². The van der Waals surface area contributed by atoms with E-state index in [-0.39, 0.29) is 0 Å². The Morgan fingerprint density at radius 3 is 2.88 bits per heavy atom. The fraction of sp³-hybridized carbons (Fsp3) is 0.364. The molecule has 0 amide bonds. The quantitative estimate of drug-likeness (QED) is 0.642. The molecule has 0 atom stereocenters. The van der Waals surface area contributed by atoms with Gasteiger partial charge in [-0.15, -0.1) is 0 Å². The van der Waals surface area contributed by atoms with E-state index in [1.54, 1.807) is 0 Å². The first-order valence-corrected chi connectivity index (χ1v) is 6.71. The van der Waals surface area contributed by atoms with Crippen LogP contribution in [0.1, 0.15) is 19.8 Å². The van der Waals surface area contributed by atoms with Gasteiger partial charge in [0.15, 0.2) is 5.11 Å². The standard InChI is InChI=1S/C11H14BrClN2S/c1-2-3-6-14-11(16)15-8-4-5-10(13)9(12)7-8/h4-5,7H,2-3,6H2,1H3,(H2,14,15,16). The Balaban J connectivity index is 2.46. The van der Waals surface area contributed by atoms with Gasteiger partial charge in [-0.1, -0.05) is 24.9 Å². The Labute approximate surface area is 115 Å². The first-order valence-electron chi connectivity index (χ1n) is 5.13. The highest BCUT2D eigenvalue weighted by atomic mass is 79.9. The average molecular weight is 322 g/mol. The Kier molecular flexibility index (Phi) is 6.09. The van der Waals surface area contributed by atoms with Gasteiger partial charge in [0.2, 0.25) is 0 Å². The van der Waals surface area contributed by atoms with Crippen LogP contribution in [0.2, 0.25) is 5.02 Å². The lowest BCUT2D eigenvalue weighted by molar-refractivity contribution is 0.758. The number of benzene rings is 1. The van der Waals surface area contributed by atoms with Crippen molar-refractivity contribution in [3.05, 3.63) is 27.7 Å². The van der Waals surface area contributed by atoms with Crippen LogP contribution in [0.5, 0.6) is 0 Å². The Bertz CT molecular complexity index is 371. The van der Waals surface area contributed by atoms with Crippen molar-refractivity contribution in [2.24, 2.45) is 0 Å². The molecule has 0 radical (unpaired) electrons. The second-order valence-electron chi connectivity index (χ2n) is 3.36. The van der Waals surface area contributed by atoms with Crippen LogP contribution < -0.4 is 10.6 Å². The maximum Gasteiger partial charge on any atom is 0.170 e. The van der Waals surface area contributed by atoms with Crippen molar-refractivity contribution in [3.63, 3.8) is 0 Å². The smallest absolute Gasteiger partial charge is 0.170 e. The molecule has 0 saturated carbocycles. The summed E-state index contributed by atoms with van der Waals surface area (Å²) in [5, 5.41) is 7.57. The molecule has 5 heteroatoms. The minimum absolute atomic E-state index is 0.641. The highest BCUT2D eigenvalue weighted by molar-refractivity contribution is 9.10. The summed E-state index contributed by atoms with van der Waals surface area (Å²) in [6.07, 6.45) is 2.27. The van der Waals surface area contributed by atoms with E-state index < -0.39 is 0 Å². The maximum atomic E-state index is 5.90. The first kappa shape index (κ1) is 13.7. The van der Waals surface area contributed by atoms with E-state index in [0.717, 1.165) is 29.5 Å². The van der Waals surface area contributed by atoms with Gasteiger partial charge < -0.3 is 10.6 Å². The SMILES string of the molecule is CCCCNC(=S)Nc1ccc(Cl)c(Br)c1. The van der Waals surface area contributed by atoms with E-state index in [1.807, 2.05) is 18.2 Å². The lowest BCUT2D eigenvalue weighted by Gasteiger charge is -2.10. The zero-order valence-corrected chi connectivity index (χ0v) is 12.2. The van der Waals surface area contributed by atoms with Crippen LogP contribution in [0.3, 0.4) is 0 Å². The summed E-state index contributed by atoms with van der Waals surface area (Å²) in [4.78, 5) is 0. The summed E-state index contributed by atoms with van der Waals surface area (Å²) in [5.41, 5.74) is 0.922. The number of anilines is 1. The molecule has 0 unspecified atom stereocenters. The molecular formula is C11H14BrClN2S. The minimum Gasteiger partial charge on any atom is -0.362 e. The number of halogens is 2. The largest absolute Gasteiger partial charge is 0.362 e. The van der Waals surface area contributed by atoms with Gasteiger partial charge >= 0.3 is 0 Å². The van der Waals surface area contributed by atoms with E-state index in [1.165, 1.54) is 0 Å². The fourth-order valence-corrected chi connectivity index (χ4v) is 1.84. The molecule has 1 aromatic carbocycles. The molecule has 0 heterocycles. The first-order chi connectivity index (χ1) is 7.63. The summed E-state index contributed by atoms with van der Waals surface area (Å²) in [6.45, 7) is 3.05. The highest BCUT2D eigenvalue weighted by Crippen LogP contribution is 2.25. The molecule has 0 fully saturated rings. The van der Waals surface area contributed by atoms with Crippen LogP contribution in [0.15, 0.2) is 22.7 Å². The second kappa shape index (κ2) is 7.09. The molecule has 16 heavy (non-hydrogen) atoms. The van der Waals surface area contributed by atoms with Crippen LogP contribution >= 0.6 is 39.7 Å². The molecule has 0 aromatic heterocycles. The van der Waals surface area contributed by atoms with Crippen LogP contribution in [-0.2, 0) is 0 Å². The van der Waals surface area contributed by atoms with Crippen molar-refractivity contribution in [2.75, 3.05) is 11.9 Å². The third kappa shape index (κ3) is 4.68. The molecular weight excluding hydrogens is 308 g/mol. The van der Waals surface area contributed by atoms with Gasteiger partial charge in [-0.05, 0) is 52.8 Å². The third-order valence-corrected chi connectivity index (χ3v) is 3.45. The highest BCUT2D eigenvalue weighted by Gasteiger charge is 2.00. The van der Waals surface area contributed by atoms with Gasteiger partial charge in [0.1, 0.15) is 0 Å². The molecule has 2 nitrogen and oxygen atoms in total. The fourth-order valence-electron chi connectivity index (χ4n) is 1.13. The van der Waals surface area contributed by atoms with Crippen LogP contribution in [-0.4, -0.2) is 11.7 Å². The van der Waals surface area contributed by atoms with Crippen molar-refractivity contribution in [1.29, 1.82) is 0 Å². The van der Waals surface area contributed by atoms with Crippen molar-refractivity contribution in [1.82, 2.24) is 5.32 Å². The molecule has 88 valence electrons. The summed E-state index contributed by atoms with van der Waals surface area (Å²) in [7, 11) is 0. The topological polar surface area (TPSA) is 24.1 Å². The lowest BCUT2D eigenvalue weighted by Crippen LogP contribution is -2.29. The number of hydrogen-bond acceptors (Lipinski definition) is 1. The van der Waals surface area contributed by atoms with E-state index in [2.05, 4.69) is 33.5 Å². The maximum absolute atomic E-state index is 5.90. The summed E-state index contributed by atoms with van der Waals surface area (Å²) in [6, 6.07) is 5.61. The molecule has 2 N–H and O–H groups in total. The molecule has 0 aliphatic carbocycles. The molecule has 0 spiro atoms. The van der Waals surface area contributed by atoms with E-state index >= 15 is 0 Å². The molecule has 0 saturated heterocycles. The molecule has 0 bridgehead atoms. The minimum atomic E-state index is 0.641. The van der Waals surface area contributed by atoms with Gasteiger partial charge in [0.05, 0.1) is 5.02 Å². The van der Waals surface area contributed by atoms with E-state index in [0.29, 0.717) is 10.1 Å².